The average Bonchev–Trinajstić information content (AvgIpc) is 3.00. The Labute approximate surface area is 189 Å². The van der Waals surface area contributed by atoms with Crippen molar-refractivity contribution in [3.05, 3.63) is 29.8 Å². The first kappa shape index (κ1) is 24.4. The number of nitrogens with zero attached hydrogens (tertiary/aromatic N) is 1. The van der Waals surface area contributed by atoms with Crippen molar-refractivity contribution in [2.24, 2.45) is 5.92 Å². The summed E-state index contributed by atoms with van der Waals surface area (Å²) in [7, 11) is 0. The molecule has 9 nitrogen and oxygen atoms in total. The molecule has 11 heteroatoms. The van der Waals surface area contributed by atoms with Crippen molar-refractivity contribution >= 4 is 23.8 Å². The molecule has 2 atom stereocenters. The minimum Gasteiger partial charge on any atom is -0.454 e. The number of amides is 4. The standard InChI is InChI=1S/C22H27F2N3O6/c1-14-4-2-3-10-22(14)19(30)27(21(31)26-22)12-18(29)32-13-17(28)25-11-9-15-5-7-16(8-6-15)33-20(23)24/h5-8,14,20H,2-4,9-13H2,1H3,(H,25,28)(H,26,31). The van der Waals surface area contributed by atoms with E-state index >= 15 is 0 Å². The van der Waals surface area contributed by atoms with Crippen molar-refractivity contribution in [3.63, 3.8) is 0 Å². The highest BCUT2D eigenvalue weighted by molar-refractivity contribution is 6.09. The molecule has 1 aliphatic carbocycles. The number of imide groups is 1. The number of benzene rings is 1. The van der Waals surface area contributed by atoms with Gasteiger partial charge in [-0.05, 0) is 42.9 Å². The SMILES string of the molecule is CC1CCCCC12NC(=O)N(CC(=O)OCC(=O)NCCc1ccc(OC(F)F)cc1)C2=O. The van der Waals surface area contributed by atoms with Crippen molar-refractivity contribution in [3.8, 4) is 5.75 Å². The summed E-state index contributed by atoms with van der Waals surface area (Å²) in [6.45, 7) is -1.86. The van der Waals surface area contributed by atoms with E-state index in [1.165, 1.54) is 12.1 Å². The van der Waals surface area contributed by atoms with Crippen LogP contribution in [0.5, 0.6) is 5.75 Å². The molecule has 33 heavy (non-hydrogen) atoms. The molecule has 4 amide bonds. The fourth-order valence-electron chi connectivity index (χ4n) is 4.19. The number of halogens is 2. The normalized spacial score (nSPS) is 22.4. The van der Waals surface area contributed by atoms with Crippen LogP contribution in [0.4, 0.5) is 13.6 Å². The molecule has 2 aliphatic rings. The van der Waals surface area contributed by atoms with Gasteiger partial charge in [-0.1, -0.05) is 31.9 Å². The summed E-state index contributed by atoms with van der Waals surface area (Å²) < 4.78 is 33.5. The molecule has 1 saturated heterocycles. The number of nitrogens with one attached hydrogen (secondary N) is 2. The van der Waals surface area contributed by atoms with Crippen LogP contribution in [0.2, 0.25) is 0 Å². The average molecular weight is 467 g/mol. The highest BCUT2D eigenvalue weighted by Crippen LogP contribution is 2.38. The lowest BCUT2D eigenvalue weighted by Crippen LogP contribution is -2.54. The Bertz CT molecular complexity index is 895. The summed E-state index contributed by atoms with van der Waals surface area (Å²) >= 11 is 0. The summed E-state index contributed by atoms with van der Waals surface area (Å²) in [5.74, 6) is -1.81. The Hall–Kier alpha value is -3.24. The second kappa shape index (κ2) is 10.6. The topological polar surface area (TPSA) is 114 Å². The minimum atomic E-state index is -2.90. The van der Waals surface area contributed by atoms with Crippen LogP contribution in [-0.4, -0.2) is 60.6 Å². The molecule has 0 radical (unpaired) electrons. The van der Waals surface area contributed by atoms with Crippen molar-refractivity contribution in [2.45, 2.75) is 51.2 Å². The summed E-state index contributed by atoms with van der Waals surface area (Å²) in [5.41, 5.74) is -0.171. The van der Waals surface area contributed by atoms with E-state index in [4.69, 9.17) is 4.74 Å². The molecule has 2 unspecified atom stereocenters. The summed E-state index contributed by atoms with van der Waals surface area (Å²) in [6.07, 6.45) is 3.59. The van der Waals surface area contributed by atoms with E-state index in [1.54, 1.807) is 12.1 Å². The van der Waals surface area contributed by atoms with Gasteiger partial charge in [0, 0.05) is 6.54 Å². The quantitative estimate of drug-likeness (QED) is 0.424. The van der Waals surface area contributed by atoms with Crippen LogP contribution in [0, 0.1) is 5.92 Å². The second-order valence-electron chi connectivity index (χ2n) is 8.22. The van der Waals surface area contributed by atoms with Crippen LogP contribution in [0.25, 0.3) is 0 Å². The van der Waals surface area contributed by atoms with Crippen molar-refractivity contribution in [1.82, 2.24) is 15.5 Å². The van der Waals surface area contributed by atoms with Crippen molar-refractivity contribution in [1.29, 1.82) is 0 Å². The maximum Gasteiger partial charge on any atom is 0.387 e. The first-order valence-corrected chi connectivity index (χ1v) is 10.8. The van der Waals surface area contributed by atoms with E-state index in [2.05, 4.69) is 15.4 Å². The van der Waals surface area contributed by atoms with Crippen LogP contribution in [0.3, 0.4) is 0 Å². The Kier molecular flexibility index (Phi) is 7.83. The van der Waals surface area contributed by atoms with Gasteiger partial charge in [-0.3, -0.25) is 19.3 Å². The Morgan fingerprint density at radius 1 is 1.24 bits per heavy atom. The molecular weight excluding hydrogens is 440 g/mol. The summed E-state index contributed by atoms with van der Waals surface area (Å²) in [5, 5.41) is 5.32. The van der Waals surface area contributed by atoms with Crippen LogP contribution >= 0.6 is 0 Å². The third-order valence-corrected chi connectivity index (χ3v) is 6.04. The highest BCUT2D eigenvalue weighted by atomic mass is 19.3. The molecule has 1 aromatic rings. The third-order valence-electron chi connectivity index (χ3n) is 6.04. The van der Waals surface area contributed by atoms with Crippen molar-refractivity contribution < 1.29 is 37.4 Å². The van der Waals surface area contributed by atoms with Gasteiger partial charge in [0.05, 0.1) is 0 Å². The molecule has 1 spiro atoms. The molecule has 180 valence electrons. The van der Waals surface area contributed by atoms with Gasteiger partial charge in [0.15, 0.2) is 6.61 Å². The first-order valence-electron chi connectivity index (χ1n) is 10.8. The largest absolute Gasteiger partial charge is 0.454 e. The maximum absolute atomic E-state index is 12.8. The van der Waals surface area contributed by atoms with E-state index in [-0.39, 0.29) is 18.2 Å². The van der Waals surface area contributed by atoms with E-state index < -0.39 is 49.1 Å². The van der Waals surface area contributed by atoms with Gasteiger partial charge < -0.3 is 20.1 Å². The lowest BCUT2D eigenvalue weighted by atomic mass is 9.73. The Morgan fingerprint density at radius 3 is 2.64 bits per heavy atom. The maximum atomic E-state index is 12.8. The number of rotatable bonds is 9. The number of ether oxygens (including phenoxy) is 2. The van der Waals surface area contributed by atoms with Crippen LogP contribution in [0.1, 0.15) is 38.2 Å². The smallest absolute Gasteiger partial charge is 0.387 e. The zero-order valence-electron chi connectivity index (χ0n) is 18.3. The molecular formula is C22H27F2N3O6. The number of carbonyl (C=O) groups excluding carboxylic acids is 4. The predicted molar refractivity (Wildman–Crippen MR) is 111 cm³/mol. The molecule has 2 fully saturated rings. The number of hydrogen-bond acceptors (Lipinski definition) is 6. The lowest BCUT2D eigenvalue weighted by Gasteiger charge is -2.36. The van der Waals surface area contributed by atoms with Gasteiger partial charge in [-0.15, -0.1) is 0 Å². The Morgan fingerprint density at radius 2 is 1.97 bits per heavy atom. The first-order chi connectivity index (χ1) is 15.7. The fraction of sp³-hybridized carbons (Fsp3) is 0.545. The molecule has 0 aromatic heterocycles. The van der Waals surface area contributed by atoms with Gasteiger partial charge in [0.1, 0.15) is 17.8 Å². The molecule has 1 heterocycles. The zero-order chi connectivity index (χ0) is 24.0. The Balaban J connectivity index is 1.38. The number of urea groups is 1. The van der Waals surface area contributed by atoms with E-state index in [0.29, 0.717) is 12.8 Å². The van der Waals surface area contributed by atoms with E-state index in [1.807, 2.05) is 6.92 Å². The second-order valence-corrected chi connectivity index (χ2v) is 8.22. The number of carbonyl (C=O) groups is 4. The van der Waals surface area contributed by atoms with Gasteiger partial charge in [0.2, 0.25) is 0 Å². The number of hydrogen-bond donors (Lipinski definition) is 2. The molecule has 2 N–H and O–H groups in total. The zero-order valence-corrected chi connectivity index (χ0v) is 18.3. The predicted octanol–water partition coefficient (Wildman–Crippen LogP) is 1.99. The van der Waals surface area contributed by atoms with Crippen LogP contribution in [0.15, 0.2) is 24.3 Å². The number of alkyl halides is 2. The molecule has 1 aliphatic heterocycles. The lowest BCUT2D eigenvalue weighted by molar-refractivity contribution is -0.151. The van der Waals surface area contributed by atoms with Gasteiger partial charge in [-0.25, -0.2) is 4.79 Å². The molecule has 0 bridgehead atoms. The van der Waals surface area contributed by atoms with Gasteiger partial charge in [-0.2, -0.15) is 8.78 Å². The number of esters is 1. The van der Waals surface area contributed by atoms with Crippen molar-refractivity contribution in [2.75, 3.05) is 19.7 Å². The van der Waals surface area contributed by atoms with E-state index in [0.717, 1.165) is 29.7 Å². The summed E-state index contributed by atoms with van der Waals surface area (Å²) in [4.78, 5) is 50.0. The van der Waals surface area contributed by atoms with Crippen LogP contribution in [-0.2, 0) is 25.5 Å². The third kappa shape index (κ3) is 5.96. The van der Waals surface area contributed by atoms with Gasteiger partial charge in [0.25, 0.3) is 11.8 Å². The molecule has 1 aromatic carbocycles. The minimum absolute atomic E-state index is 0.0254. The van der Waals surface area contributed by atoms with Gasteiger partial charge >= 0.3 is 18.6 Å². The molecule has 1 saturated carbocycles. The van der Waals surface area contributed by atoms with Crippen LogP contribution < -0.4 is 15.4 Å². The molecule has 3 rings (SSSR count). The highest BCUT2D eigenvalue weighted by Gasteiger charge is 2.55. The summed E-state index contributed by atoms with van der Waals surface area (Å²) in [6, 6.07) is 5.38. The fourth-order valence-corrected chi connectivity index (χ4v) is 4.19. The van der Waals surface area contributed by atoms with E-state index in [9.17, 15) is 28.0 Å². The monoisotopic (exact) mass is 467 g/mol.